The van der Waals surface area contributed by atoms with Gasteiger partial charge in [0.2, 0.25) is 22.1 Å². The molecule has 242 valence electrons. The van der Waals surface area contributed by atoms with Crippen molar-refractivity contribution in [2.75, 3.05) is 29.5 Å². The number of alkyl halides is 5. The molecule has 12 nitrogen and oxygen atoms in total. The fourth-order valence-corrected chi connectivity index (χ4v) is 6.30. The van der Waals surface area contributed by atoms with Crippen LogP contribution >= 0.6 is 11.8 Å². The van der Waals surface area contributed by atoms with E-state index in [1.165, 1.54) is 23.8 Å². The third-order valence-corrected chi connectivity index (χ3v) is 8.87. The predicted molar refractivity (Wildman–Crippen MR) is 146 cm³/mol. The molecule has 1 saturated carbocycles. The lowest BCUT2D eigenvalue weighted by Gasteiger charge is -2.34. The average molecular weight is 661 g/mol. The van der Waals surface area contributed by atoms with Crippen molar-refractivity contribution in [3.8, 4) is 0 Å². The summed E-state index contributed by atoms with van der Waals surface area (Å²) in [5.41, 5.74) is -0.341. The van der Waals surface area contributed by atoms with Crippen LogP contribution in [-0.4, -0.2) is 84.7 Å². The van der Waals surface area contributed by atoms with Gasteiger partial charge in [-0.05, 0) is 54.2 Å². The topological polar surface area (TPSA) is 179 Å². The monoisotopic (exact) mass is 660 g/mol. The zero-order valence-electron chi connectivity index (χ0n) is 22.9. The van der Waals surface area contributed by atoms with Crippen LogP contribution in [0.4, 0.5) is 33.3 Å². The van der Waals surface area contributed by atoms with Gasteiger partial charge in [0.25, 0.3) is 5.91 Å². The van der Waals surface area contributed by atoms with E-state index in [1.807, 2.05) is 0 Å². The Labute approximate surface area is 248 Å². The molecule has 19 heteroatoms. The molecule has 0 radical (unpaired) electrons. The van der Waals surface area contributed by atoms with Crippen molar-refractivity contribution in [3.63, 3.8) is 0 Å². The molecule has 1 amide bonds. The molecular formula is C24H33F5N6O6S2. The SMILES string of the molecule is C[C@@H](O)CNc1cc(N[C@@H](O)[C@@H](NC(=O)c2nonc2SCC(F)F)C2CCCCC2)ccc1S(=O)(=O)NCC(F)(F)F. The molecule has 0 spiro atoms. The van der Waals surface area contributed by atoms with Crippen LogP contribution in [0.25, 0.3) is 0 Å². The first kappa shape index (κ1) is 34.7. The van der Waals surface area contributed by atoms with Crippen LogP contribution in [0.2, 0.25) is 0 Å². The van der Waals surface area contributed by atoms with Crippen LogP contribution in [0.5, 0.6) is 0 Å². The van der Waals surface area contributed by atoms with Gasteiger partial charge in [0.15, 0.2) is 5.03 Å². The molecule has 1 heterocycles. The number of aliphatic hydroxyl groups is 2. The zero-order valence-corrected chi connectivity index (χ0v) is 24.5. The van der Waals surface area contributed by atoms with Crippen LogP contribution in [0.3, 0.4) is 0 Å². The fourth-order valence-electron chi connectivity index (χ4n) is 4.49. The molecule has 43 heavy (non-hydrogen) atoms. The molecule has 0 bridgehead atoms. The summed E-state index contributed by atoms with van der Waals surface area (Å²) < 4.78 is 94.7. The number of rotatable bonds is 15. The molecule has 1 fully saturated rings. The average Bonchev–Trinajstić information content (AvgIpc) is 3.41. The molecule has 0 saturated heterocycles. The summed E-state index contributed by atoms with van der Waals surface area (Å²) in [5.74, 6) is -1.67. The molecule has 3 rings (SSSR count). The molecule has 6 N–H and O–H groups in total. The second-order valence-corrected chi connectivity index (χ2v) is 12.7. The van der Waals surface area contributed by atoms with Crippen molar-refractivity contribution in [1.29, 1.82) is 0 Å². The van der Waals surface area contributed by atoms with Crippen LogP contribution < -0.4 is 20.7 Å². The Bertz CT molecular complexity index is 1310. The Hall–Kier alpha value is -2.74. The Balaban J connectivity index is 1.85. The van der Waals surface area contributed by atoms with Crippen LogP contribution in [0, 0.1) is 5.92 Å². The van der Waals surface area contributed by atoms with E-state index in [9.17, 15) is 45.4 Å². The lowest BCUT2D eigenvalue weighted by Crippen LogP contribution is -2.51. The maximum atomic E-state index is 13.1. The van der Waals surface area contributed by atoms with E-state index < -0.39 is 64.1 Å². The Kier molecular flexibility index (Phi) is 12.4. The summed E-state index contributed by atoms with van der Waals surface area (Å²) in [6.45, 7) is -0.531. The summed E-state index contributed by atoms with van der Waals surface area (Å²) in [4.78, 5) is 12.5. The largest absolute Gasteiger partial charge is 0.402 e. The highest BCUT2D eigenvalue weighted by Crippen LogP contribution is 2.31. The van der Waals surface area contributed by atoms with Crippen molar-refractivity contribution in [1.82, 2.24) is 20.4 Å². The minimum Gasteiger partial charge on any atom is -0.392 e. The molecule has 1 aliphatic carbocycles. The normalized spacial score (nSPS) is 17.0. The number of amides is 1. The van der Waals surface area contributed by atoms with Gasteiger partial charge in [-0.25, -0.2) is 26.5 Å². The van der Waals surface area contributed by atoms with Crippen molar-refractivity contribution >= 4 is 39.1 Å². The van der Waals surface area contributed by atoms with Gasteiger partial charge in [0, 0.05) is 12.2 Å². The molecule has 2 aromatic rings. The van der Waals surface area contributed by atoms with Crippen molar-refractivity contribution in [2.24, 2.45) is 5.92 Å². The molecular weight excluding hydrogens is 627 g/mol. The van der Waals surface area contributed by atoms with Crippen molar-refractivity contribution < 1.29 is 50.0 Å². The van der Waals surface area contributed by atoms with E-state index in [1.54, 1.807) is 0 Å². The summed E-state index contributed by atoms with van der Waals surface area (Å²) >= 11 is 0.582. The number of nitrogens with zero attached hydrogens (tertiary/aromatic N) is 2. The number of hydrogen-bond donors (Lipinski definition) is 6. The standard InChI is InChI=1S/C24H33F5N6O6S2/c1-13(36)10-30-16-9-15(7-8-17(16)43(39,40)31-12-24(27,28)29)32-21(37)19(14-5-3-2-4-6-14)33-22(38)20-23(35-41-34-20)42-11-18(25)26/h7-9,13-14,18-19,21,30-32,36-37H,2-6,10-12H2,1H3,(H,33,38)/t13-,19+,21+/m1/s1. The summed E-state index contributed by atoms with van der Waals surface area (Å²) in [6, 6.07) is 2.55. The van der Waals surface area contributed by atoms with Crippen molar-refractivity contribution in [2.45, 2.75) is 79.9 Å². The van der Waals surface area contributed by atoms with Crippen LogP contribution in [-0.2, 0) is 10.0 Å². The minimum absolute atomic E-state index is 0.140. The predicted octanol–water partition coefficient (Wildman–Crippen LogP) is 3.17. The Morgan fingerprint density at radius 1 is 1.16 bits per heavy atom. The van der Waals surface area contributed by atoms with E-state index in [0.29, 0.717) is 24.6 Å². The van der Waals surface area contributed by atoms with Gasteiger partial charge in [0.05, 0.1) is 23.6 Å². The maximum absolute atomic E-state index is 13.1. The number of nitrogens with one attached hydrogen (secondary N) is 4. The Morgan fingerprint density at radius 3 is 2.49 bits per heavy atom. The number of anilines is 2. The van der Waals surface area contributed by atoms with Gasteiger partial charge in [-0.3, -0.25) is 4.79 Å². The third kappa shape index (κ3) is 10.7. The summed E-state index contributed by atoms with van der Waals surface area (Å²) in [7, 11) is -4.64. The smallest absolute Gasteiger partial charge is 0.392 e. The van der Waals surface area contributed by atoms with Gasteiger partial charge in [-0.2, -0.15) is 13.2 Å². The van der Waals surface area contributed by atoms with Crippen molar-refractivity contribution in [3.05, 3.63) is 23.9 Å². The second kappa shape index (κ2) is 15.3. The first-order chi connectivity index (χ1) is 20.2. The number of carbonyl (C=O) groups excluding carboxylic acids is 1. The number of carbonyl (C=O) groups is 1. The molecule has 0 aliphatic heterocycles. The molecule has 3 atom stereocenters. The van der Waals surface area contributed by atoms with Crippen LogP contribution in [0.1, 0.15) is 49.5 Å². The minimum atomic E-state index is -4.80. The zero-order chi connectivity index (χ0) is 31.8. The highest BCUT2D eigenvalue weighted by Gasteiger charge is 2.34. The lowest BCUT2D eigenvalue weighted by molar-refractivity contribution is -0.121. The summed E-state index contributed by atoms with van der Waals surface area (Å²) in [6.07, 6.45) is -5.95. The molecule has 0 unspecified atom stereocenters. The van der Waals surface area contributed by atoms with E-state index in [-0.39, 0.29) is 34.6 Å². The van der Waals surface area contributed by atoms with E-state index in [0.717, 1.165) is 25.3 Å². The van der Waals surface area contributed by atoms with Crippen LogP contribution in [0.15, 0.2) is 32.7 Å². The quantitative estimate of drug-likeness (QED) is 0.0939. The lowest BCUT2D eigenvalue weighted by atomic mass is 9.83. The Morgan fingerprint density at radius 2 is 1.86 bits per heavy atom. The first-order valence-electron chi connectivity index (χ1n) is 13.3. The number of aromatic nitrogens is 2. The molecule has 1 aromatic heterocycles. The van der Waals surface area contributed by atoms with Gasteiger partial charge >= 0.3 is 6.18 Å². The van der Waals surface area contributed by atoms with Gasteiger partial charge in [-0.1, -0.05) is 31.0 Å². The maximum Gasteiger partial charge on any atom is 0.402 e. The second-order valence-electron chi connectivity index (χ2n) is 9.99. The number of thioether (sulfide) groups is 1. The third-order valence-electron chi connectivity index (χ3n) is 6.45. The van der Waals surface area contributed by atoms with E-state index >= 15 is 0 Å². The van der Waals surface area contributed by atoms with Gasteiger partial charge in [-0.15, -0.1) is 0 Å². The first-order valence-corrected chi connectivity index (χ1v) is 15.7. The molecule has 1 aliphatic rings. The van der Waals surface area contributed by atoms with Gasteiger partial charge in [0.1, 0.15) is 17.7 Å². The van der Waals surface area contributed by atoms with E-state index in [4.69, 9.17) is 0 Å². The number of halogens is 5. The number of aliphatic hydroxyl groups excluding tert-OH is 2. The summed E-state index contributed by atoms with van der Waals surface area (Å²) in [5, 5.41) is 35.9. The molecule has 1 aromatic carbocycles. The fraction of sp³-hybridized carbons (Fsp3) is 0.625. The highest BCUT2D eigenvalue weighted by atomic mass is 32.2. The van der Waals surface area contributed by atoms with Gasteiger partial charge < -0.3 is 26.2 Å². The number of benzene rings is 1. The number of sulfonamides is 1. The van der Waals surface area contributed by atoms with E-state index in [2.05, 4.69) is 30.9 Å². The highest BCUT2D eigenvalue weighted by molar-refractivity contribution is 7.99. The number of hydrogen-bond acceptors (Lipinski definition) is 11.